The molecule has 0 radical (unpaired) electrons. The number of nitrogens with zero attached hydrogens (tertiary/aromatic N) is 4. The zero-order chi connectivity index (χ0) is 36.0. The summed E-state index contributed by atoms with van der Waals surface area (Å²) >= 11 is 12.5. The van der Waals surface area contributed by atoms with Gasteiger partial charge in [-0.3, -0.25) is 14.8 Å². The number of amidine groups is 1. The van der Waals surface area contributed by atoms with E-state index >= 15 is 0 Å². The van der Waals surface area contributed by atoms with E-state index in [-0.39, 0.29) is 23.7 Å². The summed E-state index contributed by atoms with van der Waals surface area (Å²) in [5, 5.41) is 1.25. The molecule has 3 aromatic carbocycles. The van der Waals surface area contributed by atoms with E-state index in [4.69, 9.17) is 32.9 Å². The minimum atomic E-state index is -3.02. The summed E-state index contributed by atoms with van der Waals surface area (Å²) in [7, 11) is -3.02. The summed E-state index contributed by atoms with van der Waals surface area (Å²) in [6, 6.07) is 21.1. The highest BCUT2D eigenvalue weighted by atomic mass is 35.5. The van der Waals surface area contributed by atoms with Gasteiger partial charge in [0.15, 0.2) is 0 Å². The number of hydrogen-bond donors (Lipinski definition) is 0. The van der Waals surface area contributed by atoms with Crippen LogP contribution in [-0.4, -0.2) is 86.3 Å². The molecule has 2 amide bonds. The lowest BCUT2D eigenvalue weighted by Crippen LogP contribution is -2.54. The first-order valence-electron chi connectivity index (χ1n) is 16.8. The highest BCUT2D eigenvalue weighted by molar-refractivity contribution is 7.90. The molecule has 1 aliphatic rings. The summed E-state index contributed by atoms with van der Waals surface area (Å²) in [6.07, 6.45) is 1.83. The molecule has 8 nitrogen and oxygen atoms in total. The van der Waals surface area contributed by atoms with Crippen LogP contribution in [-0.2, 0) is 27.3 Å². The number of carbonyl (C=O) groups is 1. The van der Waals surface area contributed by atoms with Crippen molar-refractivity contribution in [2.75, 3.05) is 51.3 Å². The largest absolute Gasteiger partial charge is 0.493 e. The van der Waals surface area contributed by atoms with Crippen LogP contribution in [0.3, 0.4) is 0 Å². The van der Waals surface area contributed by atoms with Gasteiger partial charge in [0.05, 0.1) is 30.0 Å². The number of carbonyl (C=O) groups excluding carboxylic acids is 1. The maximum atomic E-state index is 14.8. The van der Waals surface area contributed by atoms with Crippen LogP contribution in [0.15, 0.2) is 71.7 Å². The van der Waals surface area contributed by atoms with Gasteiger partial charge in [-0.2, -0.15) is 0 Å². The molecule has 1 saturated heterocycles. The maximum absolute atomic E-state index is 14.8. The van der Waals surface area contributed by atoms with Crippen molar-refractivity contribution in [2.45, 2.75) is 65.5 Å². The van der Waals surface area contributed by atoms with E-state index in [1.807, 2.05) is 80.3 Å². The van der Waals surface area contributed by atoms with Crippen LogP contribution in [0.2, 0.25) is 10.0 Å². The number of benzene rings is 3. The van der Waals surface area contributed by atoms with Gasteiger partial charge in [0.25, 0.3) is 0 Å². The van der Waals surface area contributed by atoms with Crippen molar-refractivity contribution < 1.29 is 17.9 Å². The second-order valence-electron chi connectivity index (χ2n) is 14.2. The average Bonchev–Trinajstić information content (AvgIpc) is 3.03. The van der Waals surface area contributed by atoms with Crippen LogP contribution in [0, 0.1) is 0 Å². The van der Waals surface area contributed by atoms with Crippen molar-refractivity contribution in [2.24, 2.45) is 4.99 Å². The van der Waals surface area contributed by atoms with Crippen molar-refractivity contribution >= 4 is 44.9 Å². The van der Waals surface area contributed by atoms with Gasteiger partial charge in [-0.05, 0) is 92.2 Å². The first-order valence-corrected chi connectivity index (χ1v) is 19.6. The van der Waals surface area contributed by atoms with E-state index in [2.05, 4.69) is 37.8 Å². The van der Waals surface area contributed by atoms with Crippen LogP contribution in [0.5, 0.6) is 5.75 Å². The van der Waals surface area contributed by atoms with Crippen molar-refractivity contribution in [1.29, 1.82) is 0 Å². The number of hydrogen-bond acceptors (Lipinski definition) is 6. The molecule has 1 fully saturated rings. The van der Waals surface area contributed by atoms with Crippen LogP contribution in [0.4, 0.5) is 4.79 Å². The third-order valence-electron chi connectivity index (χ3n) is 8.70. The summed E-state index contributed by atoms with van der Waals surface area (Å²) in [6.45, 7) is 16.2. The Kier molecular flexibility index (Phi) is 12.9. The Morgan fingerprint density at radius 3 is 2.00 bits per heavy atom. The van der Waals surface area contributed by atoms with E-state index in [9.17, 15) is 13.2 Å². The van der Waals surface area contributed by atoms with E-state index in [1.54, 1.807) is 4.90 Å². The topological polar surface area (TPSA) is 82.5 Å². The number of ether oxygens (including phenoxy) is 1. The Morgan fingerprint density at radius 2 is 1.45 bits per heavy atom. The molecule has 4 rings (SSSR count). The first-order chi connectivity index (χ1) is 23.0. The smallest absolute Gasteiger partial charge is 0.326 e. The molecule has 0 bridgehead atoms. The first kappa shape index (κ1) is 38.7. The molecule has 0 N–H and O–H groups in total. The Bertz CT molecular complexity index is 1710. The number of halogens is 2. The third-order valence-corrected chi connectivity index (χ3v) is 10.2. The Hall–Kier alpha value is -3.11. The predicted octanol–water partition coefficient (Wildman–Crippen LogP) is 8.05. The molecule has 266 valence electrons. The minimum absolute atomic E-state index is 0.121. The van der Waals surface area contributed by atoms with E-state index < -0.39 is 15.4 Å². The lowest BCUT2D eigenvalue weighted by Gasteiger charge is -2.38. The molecule has 0 aromatic heterocycles. The van der Waals surface area contributed by atoms with Crippen LogP contribution in [0.1, 0.15) is 70.2 Å². The second-order valence-corrected chi connectivity index (χ2v) is 17.3. The molecule has 0 saturated carbocycles. The molecule has 0 atom stereocenters. The van der Waals surface area contributed by atoms with Crippen molar-refractivity contribution in [3.05, 3.63) is 99.0 Å². The van der Waals surface area contributed by atoms with E-state index in [0.29, 0.717) is 67.4 Å². The fourth-order valence-electron chi connectivity index (χ4n) is 5.79. The minimum Gasteiger partial charge on any atom is -0.493 e. The predicted molar refractivity (Wildman–Crippen MR) is 202 cm³/mol. The van der Waals surface area contributed by atoms with Crippen molar-refractivity contribution in [3.63, 3.8) is 0 Å². The fraction of sp³-hybridized carbons (Fsp3) is 0.474. The average molecular weight is 730 g/mol. The van der Waals surface area contributed by atoms with Gasteiger partial charge < -0.3 is 9.64 Å². The van der Waals surface area contributed by atoms with Crippen LogP contribution < -0.4 is 4.74 Å². The number of rotatable bonds is 11. The molecule has 1 heterocycles. The Labute approximate surface area is 303 Å². The highest BCUT2D eigenvalue weighted by Gasteiger charge is 2.33. The quantitative estimate of drug-likeness (QED) is 0.147. The molecule has 1 aliphatic heterocycles. The molecule has 3 aromatic rings. The Morgan fingerprint density at radius 1 is 0.878 bits per heavy atom. The maximum Gasteiger partial charge on any atom is 0.326 e. The highest BCUT2D eigenvalue weighted by Crippen LogP contribution is 2.34. The zero-order valence-corrected chi connectivity index (χ0v) is 32.1. The molecule has 0 aliphatic carbocycles. The van der Waals surface area contributed by atoms with E-state index in [0.717, 1.165) is 22.3 Å². The SMILES string of the molecule is CCOc1cc(C(C)(C)C)ccc1C(=NC(C)(C)c1ccc(Cl)cc1)N(Cc1ccc(Cl)cc1)C(=O)N1CCN(CCCS(C)(=O)=O)CC1. The summed E-state index contributed by atoms with van der Waals surface area (Å²) in [5.41, 5.74) is 2.81. The molecular formula is C38H50Cl2N4O4S. The van der Waals surface area contributed by atoms with Gasteiger partial charge in [-0.15, -0.1) is 0 Å². The van der Waals surface area contributed by atoms with Gasteiger partial charge in [-0.1, -0.05) is 74.3 Å². The zero-order valence-electron chi connectivity index (χ0n) is 29.8. The van der Waals surface area contributed by atoms with Crippen LogP contribution >= 0.6 is 23.2 Å². The Balaban J connectivity index is 1.82. The lowest BCUT2D eigenvalue weighted by molar-refractivity contribution is 0.125. The van der Waals surface area contributed by atoms with E-state index in [1.165, 1.54) is 6.26 Å². The van der Waals surface area contributed by atoms with Crippen molar-refractivity contribution in [1.82, 2.24) is 14.7 Å². The number of amides is 2. The lowest BCUT2D eigenvalue weighted by atomic mass is 9.86. The number of piperazine rings is 1. The van der Waals surface area contributed by atoms with Crippen LogP contribution in [0.25, 0.3) is 0 Å². The third kappa shape index (κ3) is 10.9. The fourth-order valence-corrected chi connectivity index (χ4v) is 6.70. The van der Waals surface area contributed by atoms with Gasteiger partial charge in [0.2, 0.25) is 0 Å². The molecular weight excluding hydrogens is 679 g/mol. The molecule has 49 heavy (non-hydrogen) atoms. The van der Waals surface area contributed by atoms with Gasteiger partial charge in [0.1, 0.15) is 21.4 Å². The summed E-state index contributed by atoms with van der Waals surface area (Å²) < 4.78 is 29.6. The molecule has 0 spiro atoms. The summed E-state index contributed by atoms with van der Waals surface area (Å²) in [4.78, 5) is 26.0. The number of sulfone groups is 1. The monoisotopic (exact) mass is 728 g/mol. The number of aliphatic imine (C=N–C) groups is 1. The molecule has 11 heteroatoms. The van der Waals surface area contributed by atoms with Gasteiger partial charge >= 0.3 is 6.03 Å². The number of urea groups is 1. The van der Waals surface area contributed by atoms with Gasteiger partial charge in [0, 0.05) is 42.5 Å². The van der Waals surface area contributed by atoms with Gasteiger partial charge in [-0.25, -0.2) is 13.2 Å². The summed E-state index contributed by atoms with van der Waals surface area (Å²) in [5.74, 6) is 1.31. The normalized spacial score (nSPS) is 15.0. The molecule has 0 unspecified atom stereocenters. The van der Waals surface area contributed by atoms with Crippen molar-refractivity contribution in [3.8, 4) is 5.75 Å². The standard InChI is InChI=1S/C38H50Cl2N4O4S/c1-8-48-34-26-30(37(2,3)4)14-19-33(34)35(41-38(5,6)29-12-17-32(40)18-13-29)44(27-28-10-15-31(39)16-11-28)36(45)43-23-21-42(22-24-43)20-9-25-49(7,46)47/h10-19,26H,8-9,20-25,27H2,1-7H3. The second kappa shape index (κ2) is 16.3.